The molecule has 1 aromatic carbocycles. The molecule has 0 radical (unpaired) electrons. The van der Waals surface area contributed by atoms with Crippen molar-refractivity contribution in [1.82, 2.24) is 15.0 Å². The van der Waals surface area contributed by atoms with Gasteiger partial charge in [-0.3, -0.25) is 0 Å². The van der Waals surface area contributed by atoms with E-state index >= 15 is 0 Å². The number of nitrogens with one attached hydrogen (secondary N) is 1. The fourth-order valence-electron chi connectivity index (χ4n) is 3.84. The third-order valence-corrected chi connectivity index (χ3v) is 7.50. The molecule has 35 heavy (non-hydrogen) atoms. The summed E-state index contributed by atoms with van der Waals surface area (Å²) >= 11 is 6.37. The molecule has 1 N–H and O–H groups in total. The Morgan fingerprint density at radius 2 is 1.89 bits per heavy atom. The molecule has 1 fully saturated rings. The predicted octanol–water partition coefficient (Wildman–Crippen LogP) is 4.72. The van der Waals surface area contributed by atoms with Gasteiger partial charge in [-0.15, -0.1) is 6.58 Å². The molecule has 7 nitrogen and oxygen atoms in total. The zero-order chi connectivity index (χ0) is 25.5. The van der Waals surface area contributed by atoms with Crippen LogP contribution < -0.4 is 10.2 Å². The van der Waals surface area contributed by atoms with Gasteiger partial charge in [0.05, 0.1) is 34.2 Å². The van der Waals surface area contributed by atoms with E-state index in [0.717, 1.165) is 6.07 Å². The number of hydrogen-bond acceptors (Lipinski definition) is 7. The fraction of sp³-hybridized carbons (Fsp3) is 0.318. The number of alkyl halides is 3. The number of fused-ring (bicyclic) bond motifs is 1. The van der Waals surface area contributed by atoms with Crippen molar-refractivity contribution in [3.8, 4) is 0 Å². The van der Waals surface area contributed by atoms with E-state index < -0.39 is 33.4 Å². The molecule has 0 spiro atoms. The smallest absolute Gasteiger partial charge is 0.367 e. The highest BCUT2D eigenvalue weighted by atomic mass is 35.5. The summed E-state index contributed by atoms with van der Waals surface area (Å²) in [7, 11) is -3.13. The van der Waals surface area contributed by atoms with E-state index in [0.29, 0.717) is 23.0 Å². The zero-order valence-electron chi connectivity index (χ0n) is 18.4. The van der Waals surface area contributed by atoms with Gasteiger partial charge in [0, 0.05) is 18.7 Å². The van der Waals surface area contributed by atoms with E-state index in [1.807, 2.05) is 0 Å². The molecular formula is C22H20ClF4N5O2S. The number of nitrogens with zero attached hydrogens (tertiary/aromatic N) is 4. The zero-order valence-corrected chi connectivity index (χ0v) is 20.0. The largest absolute Gasteiger partial charge is 0.419 e. The van der Waals surface area contributed by atoms with Crippen molar-refractivity contribution >= 4 is 44.0 Å². The van der Waals surface area contributed by atoms with Gasteiger partial charge in [0.15, 0.2) is 20.6 Å². The van der Waals surface area contributed by atoms with Gasteiger partial charge in [0.1, 0.15) is 17.5 Å². The molecule has 3 heterocycles. The number of pyridine rings is 1. The van der Waals surface area contributed by atoms with Crippen molar-refractivity contribution in [1.29, 1.82) is 0 Å². The topological polar surface area (TPSA) is 88.1 Å². The van der Waals surface area contributed by atoms with Gasteiger partial charge >= 0.3 is 6.18 Å². The lowest BCUT2D eigenvalue weighted by Crippen LogP contribution is -2.40. The van der Waals surface area contributed by atoms with Gasteiger partial charge in [-0.2, -0.15) is 13.2 Å². The SMILES string of the molecule is C=C[C@@H](Nc1nc(C)nc2nc(Cl)c(N3CCS(=O)(=O)CC3)cc12)c1cccc(C(F)(F)F)c1F. The number of aryl methyl sites for hydroxylation is 1. The van der Waals surface area contributed by atoms with E-state index in [9.17, 15) is 26.0 Å². The second-order valence-electron chi connectivity index (χ2n) is 7.99. The van der Waals surface area contributed by atoms with Crippen LogP contribution in [0.25, 0.3) is 11.0 Å². The third-order valence-electron chi connectivity index (χ3n) is 5.62. The average Bonchev–Trinajstić information content (AvgIpc) is 2.76. The van der Waals surface area contributed by atoms with Gasteiger partial charge in [-0.1, -0.05) is 29.8 Å². The van der Waals surface area contributed by atoms with E-state index in [-0.39, 0.29) is 46.8 Å². The summed E-state index contributed by atoms with van der Waals surface area (Å²) in [6, 6.07) is 3.59. The maximum absolute atomic E-state index is 14.8. The summed E-state index contributed by atoms with van der Waals surface area (Å²) in [5.74, 6) is -1.00. The van der Waals surface area contributed by atoms with Crippen LogP contribution in [0.3, 0.4) is 0 Å². The lowest BCUT2D eigenvalue weighted by molar-refractivity contribution is -0.140. The van der Waals surface area contributed by atoms with Crippen LogP contribution in [0.4, 0.5) is 29.1 Å². The quantitative estimate of drug-likeness (QED) is 0.291. The Morgan fingerprint density at radius 3 is 2.51 bits per heavy atom. The summed E-state index contributed by atoms with van der Waals surface area (Å²) < 4.78 is 78.1. The molecule has 0 aliphatic carbocycles. The average molecular weight is 530 g/mol. The lowest BCUT2D eigenvalue weighted by Gasteiger charge is -2.29. The second kappa shape index (κ2) is 9.23. The standard InChI is InChI=1S/C22H20ClF4N5O2S/c1-3-16(13-5-4-6-15(18(13)24)22(25,26)27)30-20-14-11-17(32-7-9-35(33,34)10-8-32)19(23)31-21(14)29-12(2)28-20/h3-6,11,16H,1,7-10H2,2H3,(H,28,29,30,31)/t16-/m1/s1. The van der Waals surface area contributed by atoms with Crippen LogP contribution in [0.15, 0.2) is 36.9 Å². The van der Waals surface area contributed by atoms with E-state index in [1.54, 1.807) is 17.9 Å². The molecule has 1 aliphatic rings. The van der Waals surface area contributed by atoms with E-state index in [4.69, 9.17) is 11.6 Å². The normalized spacial score (nSPS) is 16.8. The van der Waals surface area contributed by atoms with Gasteiger partial charge < -0.3 is 10.2 Å². The monoisotopic (exact) mass is 529 g/mol. The van der Waals surface area contributed by atoms with Gasteiger partial charge in [0.25, 0.3) is 0 Å². The van der Waals surface area contributed by atoms with Crippen molar-refractivity contribution in [2.24, 2.45) is 0 Å². The Kier molecular flexibility index (Phi) is 6.62. The summed E-state index contributed by atoms with van der Waals surface area (Å²) in [5.41, 5.74) is -0.971. The van der Waals surface area contributed by atoms with Crippen molar-refractivity contribution in [2.45, 2.75) is 19.1 Å². The Hall–Kier alpha value is -2.99. The summed E-state index contributed by atoms with van der Waals surface area (Å²) in [5, 5.41) is 3.43. The summed E-state index contributed by atoms with van der Waals surface area (Å²) in [4.78, 5) is 14.7. The summed E-state index contributed by atoms with van der Waals surface area (Å²) in [6.07, 6.45) is -3.59. The first-order chi connectivity index (χ1) is 16.4. The van der Waals surface area contributed by atoms with Crippen LogP contribution in [0, 0.1) is 12.7 Å². The van der Waals surface area contributed by atoms with Crippen LogP contribution in [0.5, 0.6) is 0 Å². The maximum atomic E-state index is 14.8. The molecule has 2 aromatic heterocycles. The van der Waals surface area contributed by atoms with Crippen LogP contribution in [0.2, 0.25) is 5.15 Å². The number of hydrogen-bond donors (Lipinski definition) is 1. The van der Waals surface area contributed by atoms with Crippen molar-refractivity contribution in [3.63, 3.8) is 0 Å². The highest BCUT2D eigenvalue weighted by Crippen LogP contribution is 2.36. The number of anilines is 2. The molecule has 13 heteroatoms. The van der Waals surface area contributed by atoms with Crippen LogP contribution in [-0.2, 0) is 16.0 Å². The van der Waals surface area contributed by atoms with Gasteiger partial charge in [-0.25, -0.2) is 27.8 Å². The van der Waals surface area contributed by atoms with Crippen molar-refractivity contribution in [2.75, 3.05) is 34.8 Å². The van der Waals surface area contributed by atoms with Gasteiger partial charge in [-0.05, 0) is 19.1 Å². The molecule has 1 saturated heterocycles. The van der Waals surface area contributed by atoms with Crippen molar-refractivity contribution in [3.05, 3.63) is 64.8 Å². The van der Waals surface area contributed by atoms with E-state index in [2.05, 4.69) is 26.8 Å². The minimum Gasteiger partial charge on any atom is -0.367 e. The molecule has 1 atom stereocenters. The minimum atomic E-state index is -4.86. The first-order valence-electron chi connectivity index (χ1n) is 10.4. The summed E-state index contributed by atoms with van der Waals surface area (Å²) in [6.45, 7) is 5.66. The number of aromatic nitrogens is 3. The molecule has 0 unspecified atom stereocenters. The second-order valence-corrected chi connectivity index (χ2v) is 10.7. The van der Waals surface area contributed by atoms with Crippen LogP contribution >= 0.6 is 11.6 Å². The number of benzene rings is 1. The molecule has 186 valence electrons. The maximum Gasteiger partial charge on any atom is 0.419 e. The molecule has 3 aromatic rings. The minimum absolute atomic E-state index is 0.0375. The Morgan fingerprint density at radius 1 is 1.20 bits per heavy atom. The first-order valence-corrected chi connectivity index (χ1v) is 12.6. The van der Waals surface area contributed by atoms with Crippen molar-refractivity contribution < 1.29 is 26.0 Å². The Labute approximate surface area is 203 Å². The predicted molar refractivity (Wildman–Crippen MR) is 126 cm³/mol. The van der Waals surface area contributed by atoms with Gasteiger partial charge in [0.2, 0.25) is 0 Å². The molecule has 1 aliphatic heterocycles. The molecule has 0 saturated carbocycles. The molecule has 0 amide bonds. The lowest BCUT2D eigenvalue weighted by atomic mass is 10.0. The third kappa shape index (κ3) is 5.18. The Bertz CT molecular complexity index is 1400. The fourth-order valence-corrected chi connectivity index (χ4v) is 5.29. The highest BCUT2D eigenvalue weighted by molar-refractivity contribution is 7.91. The van der Waals surface area contributed by atoms with E-state index in [1.165, 1.54) is 12.1 Å². The van der Waals surface area contributed by atoms with Crippen LogP contribution in [-0.4, -0.2) is 48.0 Å². The molecule has 4 rings (SSSR count). The van der Waals surface area contributed by atoms with Crippen LogP contribution in [0.1, 0.15) is 23.0 Å². The number of halogens is 5. The molecular weight excluding hydrogens is 510 g/mol. The Balaban J connectivity index is 1.77. The highest BCUT2D eigenvalue weighted by Gasteiger charge is 2.35. The number of sulfone groups is 1. The first kappa shape index (κ1) is 25.1. The number of rotatable bonds is 5. The molecule has 0 bridgehead atoms.